The first-order valence-corrected chi connectivity index (χ1v) is 7.75. The van der Waals surface area contributed by atoms with Crippen molar-refractivity contribution in [3.63, 3.8) is 0 Å². The van der Waals surface area contributed by atoms with E-state index in [2.05, 4.69) is 37.9 Å². The molecule has 3 N–H and O–H groups in total. The van der Waals surface area contributed by atoms with Gasteiger partial charge < -0.3 is 16.0 Å². The third kappa shape index (κ3) is 6.74. The molecule has 1 amide bonds. The van der Waals surface area contributed by atoms with E-state index in [1.165, 1.54) is 0 Å². The normalized spacial score (nSPS) is 11.4. The minimum Gasteiger partial charge on any atom is -0.326 e. The number of hydrogen-bond donors (Lipinski definition) is 2. The molecule has 0 aliphatic carbocycles. The van der Waals surface area contributed by atoms with Crippen LogP contribution < -0.4 is 11.1 Å². The van der Waals surface area contributed by atoms with Gasteiger partial charge in [0.15, 0.2) is 0 Å². The fourth-order valence-corrected chi connectivity index (χ4v) is 2.22. The summed E-state index contributed by atoms with van der Waals surface area (Å²) in [5.74, 6) is 0.671. The Morgan fingerprint density at radius 3 is 2.29 bits per heavy atom. The lowest BCUT2D eigenvalue weighted by atomic mass is 10.1. The van der Waals surface area contributed by atoms with Gasteiger partial charge in [-0.1, -0.05) is 26.0 Å². The molecule has 0 aromatic heterocycles. The zero-order valence-electron chi connectivity index (χ0n) is 13.7. The van der Waals surface area contributed by atoms with Gasteiger partial charge in [0.25, 0.3) is 0 Å². The van der Waals surface area contributed by atoms with Gasteiger partial charge in [-0.05, 0) is 37.5 Å². The zero-order valence-corrected chi connectivity index (χ0v) is 13.7. The molecular formula is C17H29N3O. The summed E-state index contributed by atoms with van der Waals surface area (Å²) < 4.78 is 0. The van der Waals surface area contributed by atoms with Crippen LogP contribution in [0, 0.1) is 5.92 Å². The Morgan fingerprint density at radius 2 is 1.81 bits per heavy atom. The minimum atomic E-state index is 0.0601. The van der Waals surface area contributed by atoms with Gasteiger partial charge in [0.2, 0.25) is 5.91 Å². The first kappa shape index (κ1) is 17.7. The van der Waals surface area contributed by atoms with Crippen LogP contribution in [0.2, 0.25) is 0 Å². The molecule has 0 atom stereocenters. The molecule has 0 spiro atoms. The molecule has 0 bridgehead atoms. The average Bonchev–Trinajstić information content (AvgIpc) is 2.43. The smallest absolute Gasteiger partial charge is 0.225 e. The van der Waals surface area contributed by atoms with E-state index < -0.39 is 0 Å². The fraction of sp³-hybridized carbons (Fsp3) is 0.588. The molecule has 1 aromatic carbocycles. The van der Waals surface area contributed by atoms with Gasteiger partial charge in [0.05, 0.1) is 0 Å². The van der Waals surface area contributed by atoms with Gasteiger partial charge >= 0.3 is 0 Å². The Bertz CT molecular complexity index is 426. The van der Waals surface area contributed by atoms with E-state index in [4.69, 9.17) is 5.73 Å². The van der Waals surface area contributed by atoms with Gasteiger partial charge in [-0.2, -0.15) is 0 Å². The summed E-state index contributed by atoms with van der Waals surface area (Å²) in [6.45, 7) is 11.1. The van der Waals surface area contributed by atoms with Crippen molar-refractivity contribution < 1.29 is 4.79 Å². The molecule has 0 unspecified atom stereocenters. The Hall–Kier alpha value is -1.39. The summed E-state index contributed by atoms with van der Waals surface area (Å²) >= 11 is 0. The number of anilines is 1. The molecule has 0 aliphatic heterocycles. The second-order valence-electron chi connectivity index (χ2n) is 6.18. The second-order valence-corrected chi connectivity index (χ2v) is 6.18. The number of rotatable bonds is 8. The summed E-state index contributed by atoms with van der Waals surface area (Å²) in [5, 5.41) is 2.93. The number of amides is 1. The highest BCUT2D eigenvalue weighted by Gasteiger charge is 2.13. The number of carbonyl (C=O) groups excluding carboxylic acids is 1. The molecule has 21 heavy (non-hydrogen) atoms. The molecule has 4 heteroatoms. The summed E-state index contributed by atoms with van der Waals surface area (Å²) in [4.78, 5) is 14.4. The molecule has 0 saturated heterocycles. The van der Waals surface area contributed by atoms with Gasteiger partial charge in [-0.25, -0.2) is 0 Å². The molecule has 0 heterocycles. The maximum atomic E-state index is 12.0. The molecule has 0 aliphatic rings. The van der Waals surface area contributed by atoms with E-state index in [-0.39, 0.29) is 5.91 Å². The largest absolute Gasteiger partial charge is 0.326 e. The summed E-state index contributed by atoms with van der Waals surface area (Å²) in [7, 11) is 0. The van der Waals surface area contributed by atoms with E-state index in [1.807, 2.05) is 24.3 Å². The van der Waals surface area contributed by atoms with Crippen LogP contribution in [0.25, 0.3) is 0 Å². The van der Waals surface area contributed by atoms with Crippen LogP contribution in [0.1, 0.15) is 39.7 Å². The SMILES string of the molecule is CC(C)CN(CCC(=O)Nc1ccc(CN)cc1)C(C)C. The first-order valence-electron chi connectivity index (χ1n) is 7.75. The maximum Gasteiger partial charge on any atom is 0.225 e. The van der Waals surface area contributed by atoms with Crippen LogP contribution in [-0.2, 0) is 11.3 Å². The lowest BCUT2D eigenvalue weighted by Crippen LogP contribution is -2.36. The van der Waals surface area contributed by atoms with Gasteiger partial charge in [0, 0.05) is 37.8 Å². The van der Waals surface area contributed by atoms with Crippen molar-refractivity contribution in [1.82, 2.24) is 4.90 Å². The Morgan fingerprint density at radius 1 is 1.19 bits per heavy atom. The number of benzene rings is 1. The number of carbonyl (C=O) groups is 1. The van der Waals surface area contributed by atoms with Crippen molar-refractivity contribution in [3.05, 3.63) is 29.8 Å². The van der Waals surface area contributed by atoms with Crippen LogP contribution in [0.3, 0.4) is 0 Å². The second kappa shape index (κ2) is 8.80. The van der Waals surface area contributed by atoms with Crippen molar-refractivity contribution >= 4 is 11.6 Å². The van der Waals surface area contributed by atoms with Crippen LogP contribution >= 0.6 is 0 Å². The number of nitrogens with zero attached hydrogens (tertiary/aromatic N) is 1. The Kier molecular flexibility index (Phi) is 7.40. The number of nitrogens with two attached hydrogens (primary N) is 1. The zero-order chi connectivity index (χ0) is 15.8. The van der Waals surface area contributed by atoms with E-state index in [0.717, 1.165) is 24.3 Å². The molecule has 1 rings (SSSR count). The lowest BCUT2D eigenvalue weighted by Gasteiger charge is -2.27. The number of nitrogens with one attached hydrogen (secondary N) is 1. The minimum absolute atomic E-state index is 0.0601. The van der Waals surface area contributed by atoms with E-state index in [0.29, 0.717) is 24.9 Å². The number of hydrogen-bond acceptors (Lipinski definition) is 3. The molecule has 4 nitrogen and oxygen atoms in total. The van der Waals surface area contributed by atoms with Crippen LogP contribution in [0.5, 0.6) is 0 Å². The lowest BCUT2D eigenvalue weighted by molar-refractivity contribution is -0.116. The van der Waals surface area contributed by atoms with Gasteiger partial charge in [0.1, 0.15) is 0 Å². The van der Waals surface area contributed by atoms with Gasteiger partial charge in [-0.15, -0.1) is 0 Å². The summed E-state index contributed by atoms with van der Waals surface area (Å²) in [5.41, 5.74) is 7.45. The highest BCUT2D eigenvalue weighted by atomic mass is 16.1. The van der Waals surface area contributed by atoms with Crippen molar-refractivity contribution in [3.8, 4) is 0 Å². The quantitative estimate of drug-likeness (QED) is 0.774. The van der Waals surface area contributed by atoms with Crippen LogP contribution in [-0.4, -0.2) is 29.9 Å². The molecule has 1 aromatic rings. The fourth-order valence-electron chi connectivity index (χ4n) is 2.22. The highest BCUT2D eigenvalue weighted by Crippen LogP contribution is 2.10. The third-order valence-electron chi connectivity index (χ3n) is 3.43. The predicted molar refractivity (Wildman–Crippen MR) is 89.1 cm³/mol. The topological polar surface area (TPSA) is 58.4 Å². The van der Waals surface area contributed by atoms with E-state index in [9.17, 15) is 4.79 Å². The molecule has 0 radical (unpaired) electrons. The van der Waals surface area contributed by atoms with Crippen molar-refractivity contribution in [2.45, 2.75) is 46.7 Å². The molecule has 0 saturated carbocycles. The Balaban J connectivity index is 2.44. The van der Waals surface area contributed by atoms with Crippen LogP contribution in [0.4, 0.5) is 5.69 Å². The third-order valence-corrected chi connectivity index (χ3v) is 3.43. The van der Waals surface area contributed by atoms with Crippen LogP contribution in [0.15, 0.2) is 24.3 Å². The monoisotopic (exact) mass is 291 g/mol. The predicted octanol–water partition coefficient (Wildman–Crippen LogP) is 2.84. The standard InChI is InChI=1S/C17H29N3O/c1-13(2)12-20(14(3)4)10-9-17(21)19-16-7-5-15(11-18)6-8-16/h5-8,13-14H,9-12,18H2,1-4H3,(H,19,21). The first-order chi connectivity index (χ1) is 9.92. The Labute approximate surface area is 128 Å². The molecular weight excluding hydrogens is 262 g/mol. The maximum absolute atomic E-state index is 12.0. The summed E-state index contributed by atoms with van der Waals surface area (Å²) in [6.07, 6.45) is 0.517. The van der Waals surface area contributed by atoms with Crippen molar-refractivity contribution in [1.29, 1.82) is 0 Å². The molecule has 0 fully saturated rings. The van der Waals surface area contributed by atoms with Gasteiger partial charge in [-0.3, -0.25) is 4.79 Å². The summed E-state index contributed by atoms with van der Waals surface area (Å²) in [6, 6.07) is 8.14. The van der Waals surface area contributed by atoms with Crippen molar-refractivity contribution in [2.75, 3.05) is 18.4 Å². The van der Waals surface area contributed by atoms with Crippen molar-refractivity contribution in [2.24, 2.45) is 11.7 Å². The highest BCUT2D eigenvalue weighted by molar-refractivity contribution is 5.90. The average molecular weight is 291 g/mol. The molecule has 118 valence electrons. The van der Waals surface area contributed by atoms with E-state index in [1.54, 1.807) is 0 Å². The van der Waals surface area contributed by atoms with E-state index >= 15 is 0 Å².